The van der Waals surface area contributed by atoms with Crippen LogP contribution in [0, 0.1) is 0 Å². The highest BCUT2D eigenvalue weighted by molar-refractivity contribution is 6.29. The van der Waals surface area contributed by atoms with Crippen molar-refractivity contribution in [1.82, 2.24) is 10.3 Å². The number of amides is 1. The second kappa shape index (κ2) is 4.62. The Morgan fingerprint density at radius 1 is 1.57 bits per heavy atom. The van der Waals surface area contributed by atoms with Gasteiger partial charge in [0, 0.05) is 17.3 Å². The molecule has 0 aliphatic rings. The summed E-state index contributed by atoms with van der Waals surface area (Å²) in [6.45, 7) is 3.64. The summed E-state index contributed by atoms with van der Waals surface area (Å²) < 4.78 is 0. The molecule has 1 heterocycles. The van der Waals surface area contributed by atoms with E-state index in [0.29, 0.717) is 10.6 Å². The molecular formula is C9H9ClN2O2. The van der Waals surface area contributed by atoms with Gasteiger partial charge < -0.3 is 10.3 Å². The van der Waals surface area contributed by atoms with Crippen LogP contribution in [0.5, 0.6) is 0 Å². The first-order valence-electron chi connectivity index (χ1n) is 3.90. The monoisotopic (exact) mass is 212 g/mol. The van der Waals surface area contributed by atoms with E-state index in [1.54, 1.807) is 0 Å². The molecule has 0 aromatic carbocycles. The van der Waals surface area contributed by atoms with Crippen LogP contribution in [-0.2, 0) is 0 Å². The topological polar surface area (TPSA) is 62.0 Å². The molecule has 74 valence electrons. The Morgan fingerprint density at radius 3 is 2.79 bits per heavy atom. The van der Waals surface area contributed by atoms with Gasteiger partial charge in [0.25, 0.3) is 5.91 Å². The average Bonchev–Trinajstić information content (AvgIpc) is 2.15. The van der Waals surface area contributed by atoms with Gasteiger partial charge in [-0.05, 0) is 6.07 Å². The molecule has 0 spiro atoms. The third-order valence-corrected chi connectivity index (χ3v) is 1.62. The van der Waals surface area contributed by atoms with Crippen LogP contribution in [0.1, 0.15) is 10.4 Å². The fourth-order valence-corrected chi connectivity index (χ4v) is 0.897. The third-order valence-electron chi connectivity index (χ3n) is 1.49. The number of H-pyrrole nitrogens is 1. The van der Waals surface area contributed by atoms with Gasteiger partial charge in [0.1, 0.15) is 0 Å². The molecule has 1 rings (SSSR count). The number of rotatable bonds is 3. The zero-order valence-electron chi connectivity index (χ0n) is 7.34. The largest absolute Gasteiger partial charge is 0.347 e. The maximum absolute atomic E-state index is 11.3. The van der Waals surface area contributed by atoms with Gasteiger partial charge in [-0.25, -0.2) is 0 Å². The van der Waals surface area contributed by atoms with E-state index in [2.05, 4.69) is 16.9 Å². The second-order valence-corrected chi connectivity index (χ2v) is 3.18. The Labute approximate surface area is 85.6 Å². The van der Waals surface area contributed by atoms with Crippen LogP contribution in [0.25, 0.3) is 0 Å². The standard InChI is InChI=1S/C9H9ClN2O2/c1-6(10)4-12-9(14)7-2-3-8(13)11-5-7/h2-3,5H,1,4H2,(H,11,13)(H,12,14). The SMILES string of the molecule is C=C(Cl)CNC(=O)c1ccc(=O)[nH]c1. The summed E-state index contributed by atoms with van der Waals surface area (Å²) in [7, 11) is 0. The van der Waals surface area contributed by atoms with Gasteiger partial charge in [-0.15, -0.1) is 0 Å². The molecule has 0 saturated carbocycles. The molecule has 0 aliphatic carbocycles. The zero-order valence-corrected chi connectivity index (χ0v) is 8.10. The van der Waals surface area contributed by atoms with Gasteiger partial charge in [-0.1, -0.05) is 18.2 Å². The maximum Gasteiger partial charge on any atom is 0.253 e. The van der Waals surface area contributed by atoms with Gasteiger partial charge in [0.2, 0.25) is 5.56 Å². The molecule has 4 nitrogen and oxygen atoms in total. The number of carbonyl (C=O) groups is 1. The van der Waals surface area contributed by atoms with Gasteiger partial charge in [0.15, 0.2) is 0 Å². The van der Waals surface area contributed by atoms with Crippen molar-refractivity contribution in [1.29, 1.82) is 0 Å². The van der Waals surface area contributed by atoms with E-state index in [0.717, 1.165) is 0 Å². The normalized spacial score (nSPS) is 9.50. The molecule has 0 atom stereocenters. The van der Waals surface area contributed by atoms with E-state index < -0.39 is 0 Å². The van der Waals surface area contributed by atoms with Crippen molar-refractivity contribution in [2.45, 2.75) is 0 Å². The van der Waals surface area contributed by atoms with Crippen LogP contribution in [0.4, 0.5) is 0 Å². The van der Waals surface area contributed by atoms with Gasteiger partial charge >= 0.3 is 0 Å². The molecule has 0 radical (unpaired) electrons. The number of aromatic amines is 1. The second-order valence-electron chi connectivity index (χ2n) is 2.64. The number of hydrogen-bond donors (Lipinski definition) is 2. The molecule has 0 bridgehead atoms. The first kappa shape index (κ1) is 10.5. The highest BCUT2D eigenvalue weighted by Gasteiger charge is 2.03. The molecule has 1 aromatic rings. The Bertz CT molecular complexity index is 391. The number of nitrogens with one attached hydrogen (secondary N) is 2. The van der Waals surface area contributed by atoms with Crippen molar-refractivity contribution in [3.63, 3.8) is 0 Å². The van der Waals surface area contributed by atoms with Crippen molar-refractivity contribution in [3.05, 3.63) is 45.9 Å². The minimum atomic E-state index is -0.303. The molecule has 0 aliphatic heterocycles. The van der Waals surface area contributed by atoms with Crippen LogP contribution in [-0.4, -0.2) is 17.4 Å². The first-order chi connectivity index (χ1) is 6.59. The van der Waals surface area contributed by atoms with E-state index in [4.69, 9.17) is 11.6 Å². The number of pyridine rings is 1. The third kappa shape index (κ3) is 3.06. The zero-order chi connectivity index (χ0) is 10.6. The Hall–Kier alpha value is -1.55. The molecular weight excluding hydrogens is 204 g/mol. The van der Waals surface area contributed by atoms with E-state index in [-0.39, 0.29) is 18.0 Å². The summed E-state index contributed by atoms with van der Waals surface area (Å²) in [6.07, 6.45) is 1.34. The number of hydrogen-bond acceptors (Lipinski definition) is 2. The number of halogens is 1. The minimum Gasteiger partial charge on any atom is -0.347 e. The van der Waals surface area contributed by atoms with Crippen LogP contribution >= 0.6 is 11.6 Å². The lowest BCUT2D eigenvalue weighted by atomic mass is 10.3. The summed E-state index contributed by atoms with van der Waals surface area (Å²) in [5.41, 5.74) is 0.130. The predicted molar refractivity (Wildman–Crippen MR) is 54.4 cm³/mol. The quantitative estimate of drug-likeness (QED) is 0.781. The van der Waals surface area contributed by atoms with E-state index in [1.165, 1.54) is 18.3 Å². The summed E-state index contributed by atoms with van der Waals surface area (Å²) in [4.78, 5) is 24.4. The predicted octanol–water partition coefficient (Wildman–Crippen LogP) is 0.857. The van der Waals surface area contributed by atoms with Gasteiger partial charge in [0.05, 0.1) is 12.1 Å². The smallest absolute Gasteiger partial charge is 0.253 e. The summed E-state index contributed by atoms with van der Waals surface area (Å²) in [5, 5.41) is 2.88. The van der Waals surface area contributed by atoms with Crippen LogP contribution < -0.4 is 10.9 Å². The Morgan fingerprint density at radius 2 is 2.29 bits per heavy atom. The first-order valence-corrected chi connectivity index (χ1v) is 4.27. The number of carbonyl (C=O) groups excluding carboxylic acids is 1. The minimum absolute atomic E-state index is 0.208. The van der Waals surface area contributed by atoms with Crippen LogP contribution in [0.15, 0.2) is 34.7 Å². The van der Waals surface area contributed by atoms with Crippen molar-refractivity contribution in [2.75, 3.05) is 6.54 Å². The lowest BCUT2D eigenvalue weighted by Crippen LogP contribution is -2.25. The lowest BCUT2D eigenvalue weighted by molar-refractivity contribution is 0.0957. The van der Waals surface area contributed by atoms with Gasteiger partial charge in [-0.3, -0.25) is 9.59 Å². The number of aromatic nitrogens is 1. The lowest BCUT2D eigenvalue weighted by Gasteiger charge is -2.02. The molecule has 5 heteroatoms. The van der Waals surface area contributed by atoms with E-state index in [1.807, 2.05) is 0 Å². The fraction of sp³-hybridized carbons (Fsp3) is 0.111. The summed E-state index contributed by atoms with van der Waals surface area (Å²) in [6, 6.07) is 2.72. The summed E-state index contributed by atoms with van der Waals surface area (Å²) >= 11 is 5.47. The molecule has 1 amide bonds. The van der Waals surface area contributed by atoms with Gasteiger partial charge in [-0.2, -0.15) is 0 Å². The molecule has 0 fully saturated rings. The van der Waals surface area contributed by atoms with Crippen molar-refractivity contribution < 1.29 is 4.79 Å². The van der Waals surface area contributed by atoms with Crippen LogP contribution in [0.3, 0.4) is 0 Å². The highest BCUT2D eigenvalue weighted by Crippen LogP contribution is 1.96. The molecule has 0 unspecified atom stereocenters. The van der Waals surface area contributed by atoms with Crippen molar-refractivity contribution >= 4 is 17.5 Å². The average molecular weight is 213 g/mol. The molecule has 14 heavy (non-hydrogen) atoms. The maximum atomic E-state index is 11.3. The Kier molecular flexibility index (Phi) is 3.48. The van der Waals surface area contributed by atoms with Crippen molar-refractivity contribution in [2.24, 2.45) is 0 Å². The fourth-order valence-electron chi connectivity index (χ4n) is 0.830. The Balaban J connectivity index is 2.65. The molecule has 2 N–H and O–H groups in total. The van der Waals surface area contributed by atoms with Crippen LogP contribution in [0.2, 0.25) is 0 Å². The molecule has 1 aromatic heterocycles. The van der Waals surface area contributed by atoms with Crippen molar-refractivity contribution in [3.8, 4) is 0 Å². The van der Waals surface area contributed by atoms with E-state index in [9.17, 15) is 9.59 Å². The summed E-state index contributed by atoms with van der Waals surface area (Å²) in [5.74, 6) is -0.303. The van der Waals surface area contributed by atoms with E-state index >= 15 is 0 Å². The molecule has 0 saturated heterocycles. The highest BCUT2D eigenvalue weighted by atomic mass is 35.5.